The highest BCUT2D eigenvalue weighted by atomic mass is 32.2. The molecule has 0 amide bonds. The van der Waals surface area contributed by atoms with Crippen LogP contribution < -0.4 is 5.14 Å². The molecule has 0 saturated heterocycles. The molecular formula is C19H17FN4O2S. The number of halogens is 1. The second kappa shape index (κ2) is 6.40. The van der Waals surface area contributed by atoms with Crippen LogP contribution in [0.15, 0.2) is 60.9 Å². The standard InChI is InChI=1S/C19H17FN4O2S/c20-9-8-19(27(21,25)26,14-4-2-1-3-5-14)15-6-7-16-13(10-15)11-22-18-17(16)12-23-24-18/h1-7,10-12H,8-9H2,(H2,21,25,26)(H,22,23,24). The highest BCUT2D eigenvalue weighted by Gasteiger charge is 2.45. The fourth-order valence-corrected chi connectivity index (χ4v) is 4.92. The van der Waals surface area contributed by atoms with Gasteiger partial charge in [-0.15, -0.1) is 0 Å². The highest BCUT2D eigenvalue weighted by molar-refractivity contribution is 7.90. The molecule has 6 nitrogen and oxygen atoms in total. The van der Waals surface area contributed by atoms with Crippen molar-refractivity contribution in [1.82, 2.24) is 15.2 Å². The first kappa shape index (κ1) is 17.6. The lowest BCUT2D eigenvalue weighted by atomic mass is 9.86. The molecule has 0 bridgehead atoms. The van der Waals surface area contributed by atoms with E-state index >= 15 is 0 Å². The van der Waals surface area contributed by atoms with Gasteiger partial charge >= 0.3 is 0 Å². The first-order valence-corrected chi connectivity index (χ1v) is 9.88. The number of aromatic amines is 1. The molecule has 138 valence electrons. The van der Waals surface area contributed by atoms with Crippen molar-refractivity contribution in [2.45, 2.75) is 11.2 Å². The van der Waals surface area contributed by atoms with Crippen LogP contribution in [-0.2, 0) is 14.8 Å². The Balaban J connectivity index is 2.04. The van der Waals surface area contributed by atoms with Gasteiger partial charge in [0.25, 0.3) is 0 Å². The Hall–Kier alpha value is -2.84. The SMILES string of the molecule is NS(=O)(=O)C(CCF)(c1ccccc1)c1ccc2c(cnc3[nH]ncc32)c1. The van der Waals surface area contributed by atoms with E-state index < -0.39 is 21.4 Å². The minimum Gasteiger partial charge on any atom is -0.261 e. The minimum atomic E-state index is -4.17. The normalized spacial score (nSPS) is 14.4. The molecule has 1 atom stereocenters. The first-order chi connectivity index (χ1) is 13.0. The summed E-state index contributed by atoms with van der Waals surface area (Å²) in [6.45, 7) is -0.831. The number of rotatable bonds is 5. The van der Waals surface area contributed by atoms with Crippen LogP contribution in [0, 0.1) is 0 Å². The number of alkyl halides is 1. The third-order valence-electron chi connectivity index (χ3n) is 4.93. The maximum absolute atomic E-state index is 13.5. The van der Waals surface area contributed by atoms with E-state index in [9.17, 15) is 12.8 Å². The van der Waals surface area contributed by atoms with E-state index in [-0.39, 0.29) is 6.42 Å². The Labute approximate surface area is 155 Å². The van der Waals surface area contributed by atoms with Crippen LogP contribution in [0.3, 0.4) is 0 Å². The summed E-state index contributed by atoms with van der Waals surface area (Å²) in [7, 11) is -4.17. The molecule has 4 rings (SSSR count). The van der Waals surface area contributed by atoms with E-state index in [0.29, 0.717) is 16.8 Å². The second-order valence-corrected chi connectivity index (χ2v) is 8.16. The number of sulfonamides is 1. The van der Waals surface area contributed by atoms with Crippen LogP contribution in [0.25, 0.3) is 21.8 Å². The van der Waals surface area contributed by atoms with Crippen molar-refractivity contribution >= 4 is 31.8 Å². The number of aromatic nitrogens is 3. The zero-order valence-electron chi connectivity index (χ0n) is 14.3. The van der Waals surface area contributed by atoms with Gasteiger partial charge in [-0.1, -0.05) is 42.5 Å². The van der Waals surface area contributed by atoms with Crippen LogP contribution in [-0.4, -0.2) is 30.3 Å². The fraction of sp³-hybridized carbons (Fsp3) is 0.158. The Morgan fingerprint density at radius 3 is 2.52 bits per heavy atom. The van der Waals surface area contributed by atoms with Crippen LogP contribution >= 0.6 is 0 Å². The van der Waals surface area contributed by atoms with Gasteiger partial charge < -0.3 is 0 Å². The van der Waals surface area contributed by atoms with Crippen molar-refractivity contribution < 1.29 is 12.8 Å². The van der Waals surface area contributed by atoms with Gasteiger partial charge in [0.2, 0.25) is 10.0 Å². The van der Waals surface area contributed by atoms with Crippen LogP contribution in [0.5, 0.6) is 0 Å². The lowest BCUT2D eigenvalue weighted by Gasteiger charge is -2.32. The Kier molecular flexibility index (Phi) is 4.16. The van der Waals surface area contributed by atoms with Crippen molar-refractivity contribution in [3.8, 4) is 0 Å². The number of primary sulfonamides is 1. The third kappa shape index (κ3) is 2.68. The first-order valence-electron chi connectivity index (χ1n) is 8.33. The number of nitrogens with one attached hydrogen (secondary N) is 1. The zero-order chi connectivity index (χ0) is 19.1. The number of hydrogen-bond acceptors (Lipinski definition) is 4. The van der Waals surface area contributed by atoms with E-state index in [4.69, 9.17) is 5.14 Å². The molecule has 4 aromatic rings. The number of nitrogens with two attached hydrogens (primary N) is 1. The monoisotopic (exact) mass is 384 g/mol. The van der Waals surface area contributed by atoms with E-state index in [0.717, 1.165) is 16.2 Å². The molecule has 0 saturated carbocycles. The van der Waals surface area contributed by atoms with Gasteiger partial charge in [0, 0.05) is 23.4 Å². The fourth-order valence-electron chi connectivity index (χ4n) is 3.64. The maximum Gasteiger partial charge on any atom is 0.223 e. The smallest absolute Gasteiger partial charge is 0.223 e. The topological polar surface area (TPSA) is 102 Å². The second-order valence-electron chi connectivity index (χ2n) is 6.37. The average Bonchev–Trinajstić information content (AvgIpc) is 3.14. The number of pyridine rings is 1. The number of H-pyrrole nitrogens is 1. The van der Waals surface area contributed by atoms with Gasteiger partial charge in [-0.05, 0) is 22.6 Å². The van der Waals surface area contributed by atoms with Gasteiger partial charge in [0.1, 0.15) is 4.75 Å². The van der Waals surface area contributed by atoms with E-state index in [1.54, 1.807) is 60.9 Å². The molecule has 0 radical (unpaired) electrons. The van der Waals surface area contributed by atoms with Crippen LogP contribution in [0.1, 0.15) is 17.5 Å². The molecule has 1 unspecified atom stereocenters. The average molecular weight is 384 g/mol. The Morgan fingerprint density at radius 1 is 1.04 bits per heavy atom. The van der Waals surface area contributed by atoms with Crippen molar-refractivity contribution in [2.24, 2.45) is 5.14 Å². The molecule has 8 heteroatoms. The summed E-state index contributed by atoms with van der Waals surface area (Å²) >= 11 is 0. The van der Waals surface area contributed by atoms with Crippen LogP contribution in [0.4, 0.5) is 4.39 Å². The highest BCUT2D eigenvalue weighted by Crippen LogP contribution is 2.41. The largest absolute Gasteiger partial charge is 0.261 e. The third-order valence-corrected chi connectivity index (χ3v) is 6.58. The molecular weight excluding hydrogens is 367 g/mol. The summed E-state index contributed by atoms with van der Waals surface area (Å²) in [4.78, 5) is 4.30. The van der Waals surface area contributed by atoms with Crippen LogP contribution in [0.2, 0.25) is 0 Å². The molecule has 2 aromatic carbocycles. The van der Waals surface area contributed by atoms with Crippen molar-refractivity contribution in [3.05, 3.63) is 72.1 Å². The van der Waals surface area contributed by atoms with Crippen molar-refractivity contribution in [3.63, 3.8) is 0 Å². The molecule has 0 aliphatic heterocycles. The predicted molar refractivity (Wildman–Crippen MR) is 102 cm³/mol. The predicted octanol–water partition coefficient (Wildman–Crippen LogP) is 3.00. The molecule has 2 aromatic heterocycles. The van der Waals surface area contributed by atoms with E-state index in [1.807, 2.05) is 0 Å². The quantitative estimate of drug-likeness (QED) is 0.552. The molecule has 27 heavy (non-hydrogen) atoms. The van der Waals surface area contributed by atoms with Crippen molar-refractivity contribution in [2.75, 3.05) is 6.67 Å². The molecule has 0 aliphatic carbocycles. The molecule has 3 N–H and O–H groups in total. The summed E-state index contributed by atoms with van der Waals surface area (Å²) in [5.74, 6) is 0. The van der Waals surface area contributed by atoms with Crippen molar-refractivity contribution in [1.29, 1.82) is 0 Å². The minimum absolute atomic E-state index is 0.275. The summed E-state index contributed by atoms with van der Waals surface area (Å²) in [6.07, 6.45) is 3.02. The molecule has 0 aliphatic rings. The van der Waals surface area contributed by atoms with E-state index in [1.165, 1.54) is 0 Å². The Bertz CT molecular complexity index is 1220. The van der Waals surface area contributed by atoms with E-state index in [2.05, 4.69) is 15.2 Å². The van der Waals surface area contributed by atoms with Gasteiger partial charge in [0.15, 0.2) is 5.65 Å². The van der Waals surface area contributed by atoms with Gasteiger partial charge in [-0.2, -0.15) is 5.10 Å². The Morgan fingerprint density at radius 2 is 1.81 bits per heavy atom. The lowest BCUT2D eigenvalue weighted by Crippen LogP contribution is -2.42. The van der Waals surface area contributed by atoms with Gasteiger partial charge in [-0.25, -0.2) is 18.5 Å². The zero-order valence-corrected chi connectivity index (χ0v) is 15.1. The molecule has 0 spiro atoms. The number of hydrogen-bond donors (Lipinski definition) is 2. The molecule has 0 fully saturated rings. The van der Waals surface area contributed by atoms with Gasteiger partial charge in [0.05, 0.1) is 12.9 Å². The summed E-state index contributed by atoms with van der Waals surface area (Å²) in [5, 5.41) is 14.9. The maximum atomic E-state index is 13.5. The molecule has 2 heterocycles. The number of nitrogens with zero attached hydrogens (tertiary/aromatic N) is 2. The summed E-state index contributed by atoms with van der Waals surface area (Å²) in [6, 6.07) is 13.7. The number of benzene rings is 2. The van der Waals surface area contributed by atoms with Gasteiger partial charge in [-0.3, -0.25) is 9.49 Å². The lowest BCUT2D eigenvalue weighted by molar-refractivity contribution is 0.427. The summed E-state index contributed by atoms with van der Waals surface area (Å²) in [5.41, 5.74) is 1.48. The number of fused-ring (bicyclic) bond motifs is 3. The summed E-state index contributed by atoms with van der Waals surface area (Å²) < 4.78 is 37.3.